The molecule has 2 aromatic carbocycles. The molecule has 0 saturated carbocycles. The summed E-state index contributed by atoms with van der Waals surface area (Å²) >= 11 is 12.4. The van der Waals surface area contributed by atoms with E-state index in [1.807, 2.05) is 36.4 Å². The van der Waals surface area contributed by atoms with Gasteiger partial charge in [0, 0.05) is 38.4 Å². The normalized spacial score (nSPS) is 22.5. The monoisotopic (exact) mass is 334 g/mol. The van der Waals surface area contributed by atoms with Crippen LogP contribution in [0.4, 0.5) is 0 Å². The van der Waals surface area contributed by atoms with Gasteiger partial charge < -0.3 is 15.0 Å². The lowest BCUT2D eigenvalue weighted by atomic mass is 10.0. The van der Waals surface area contributed by atoms with E-state index >= 15 is 0 Å². The lowest BCUT2D eigenvalue weighted by Crippen LogP contribution is -2.41. The average molecular weight is 335 g/mol. The van der Waals surface area contributed by atoms with Crippen LogP contribution in [0.5, 0.6) is 0 Å². The molecule has 4 rings (SSSR count). The van der Waals surface area contributed by atoms with Crippen LogP contribution in [-0.2, 0) is 0 Å². The van der Waals surface area contributed by atoms with Crippen molar-refractivity contribution in [1.29, 1.82) is 0 Å². The summed E-state index contributed by atoms with van der Waals surface area (Å²) in [4.78, 5) is 0. The molecular weight excluding hydrogens is 319 g/mol. The third-order valence-corrected chi connectivity index (χ3v) is 4.94. The van der Waals surface area contributed by atoms with Crippen LogP contribution < -0.4 is 5.32 Å². The zero-order valence-corrected chi connectivity index (χ0v) is 13.4. The number of aliphatic hydroxyl groups is 1. The van der Waals surface area contributed by atoms with Gasteiger partial charge in [0.1, 0.15) is 0 Å². The first-order chi connectivity index (χ1) is 10.6. The minimum atomic E-state index is -0.355. The highest BCUT2D eigenvalue weighted by Gasteiger charge is 2.27. The number of piperidine rings is 1. The predicted molar refractivity (Wildman–Crippen MR) is 92.0 cm³/mol. The van der Waals surface area contributed by atoms with Gasteiger partial charge in [0.15, 0.2) is 0 Å². The Labute approximate surface area is 138 Å². The summed E-state index contributed by atoms with van der Waals surface area (Å²) in [5.41, 5.74) is 2.16. The Bertz CT molecular complexity index is 799. The molecular formula is C17H16Cl2N2O. The number of nitrogens with zero attached hydrogens (tertiary/aromatic N) is 1. The van der Waals surface area contributed by atoms with E-state index in [0.29, 0.717) is 10.0 Å². The van der Waals surface area contributed by atoms with Gasteiger partial charge in [0.2, 0.25) is 0 Å². The number of hydrogen-bond acceptors (Lipinski definition) is 2. The molecule has 1 aromatic heterocycles. The van der Waals surface area contributed by atoms with Crippen LogP contribution in [0, 0.1) is 0 Å². The molecule has 5 heteroatoms. The van der Waals surface area contributed by atoms with E-state index < -0.39 is 0 Å². The van der Waals surface area contributed by atoms with Crippen molar-refractivity contribution in [2.45, 2.75) is 18.6 Å². The maximum absolute atomic E-state index is 10.5. The molecule has 3 aromatic rings. The summed E-state index contributed by atoms with van der Waals surface area (Å²) in [5, 5.41) is 17.4. The fraction of sp³-hybridized carbons (Fsp3) is 0.294. The van der Waals surface area contributed by atoms with E-state index in [4.69, 9.17) is 23.2 Å². The van der Waals surface area contributed by atoms with Crippen LogP contribution in [0.25, 0.3) is 21.8 Å². The number of nitrogens with one attached hydrogen (secondary N) is 1. The molecule has 0 amide bonds. The van der Waals surface area contributed by atoms with Crippen molar-refractivity contribution < 1.29 is 5.11 Å². The molecule has 22 heavy (non-hydrogen) atoms. The Morgan fingerprint density at radius 3 is 2.14 bits per heavy atom. The molecule has 0 radical (unpaired) electrons. The minimum Gasteiger partial charge on any atom is -0.391 e. The molecule has 1 aliphatic heterocycles. The number of fused-ring (bicyclic) bond motifs is 3. The maximum atomic E-state index is 10.5. The fourth-order valence-electron chi connectivity index (χ4n) is 3.45. The first-order valence-electron chi connectivity index (χ1n) is 7.42. The standard InChI is InChI=1S/C17H16Cl2N2O/c18-10-1-3-14-12(7-10)13-8-11(19)2-4-15(13)21(14)16-9-20-6-5-17(16)22/h1-4,7-8,16-17,20,22H,5-6,9H2/t16?,17-/m1/s1. The second-order valence-electron chi connectivity index (χ2n) is 5.82. The minimum absolute atomic E-state index is 0.0103. The lowest BCUT2D eigenvalue weighted by molar-refractivity contribution is 0.0881. The zero-order valence-electron chi connectivity index (χ0n) is 11.9. The quantitative estimate of drug-likeness (QED) is 0.705. The number of aliphatic hydroxyl groups excluding tert-OH is 1. The van der Waals surface area contributed by atoms with Crippen molar-refractivity contribution in [1.82, 2.24) is 9.88 Å². The summed E-state index contributed by atoms with van der Waals surface area (Å²) in [5.74, 6) is 0. The second kappa shape index (κ2) is 5.43. The fourth-order valence-corrected chi connectivity index (χ4v) is 3.79. The van der Waals surface area contributed by atoms with Gasteiger partial charge in [-0.3, -0.25) is 0 Å². The highest BCUT2D eigenvalue weighted by atomic mass is 35.5. The molecule has 1 unspecified atom stereocenters. The van der Waals surface area contributed by atoms with Crippen LogP contribution in [0.3, 0.4) is 0 Å². The van der Waals surface area contributed by atoms with Crippen LogP contribution in [-0.4, -0.2) is 28.9 Å². The predicted octanol–water partition coefficient (Wildman–Crippen LogP) is 4.00. The summed E-state index contributed by atoms with van der Waals surface area (Å²) < 4.78 is 2.22. The van der Waals surface area contributed by atoms with Crippen molar-refractivity contribution in [2.75, 3.05) is 13.1 Å². The molecule has 2 N–H and O–H groups in total. The van der Waals surface area contributed by atoms with E-state index in [2.05, 4.69) is 9.88 Å². The molecule has 0 bridgehead atoms. The molecule has 2 heterocycles. The zero-order chi connectivity index (χ0) is 15.3. The van der Waals surface area contributed by atoms with Gasteiger partial charge >= 0.3 is 0 Å². The lowest BCUT2D eigenvalue weighted by Gasteiger charge is -2.31. The first kappa shape index (κ1) is 14.3. The van der Waals surface area contributed by atoms with Crippen molar-refractivity contribution >= 4 is 45.0 Å². The molecule has 114 valence electrons. The van der Waals surface area contributed by atoms with Gasteiger partial charge in [-0.25, -0.2) is 0 Å². The highest BCUT2D eigenvalue weighted by Crippen LogP contribution is 2.36. The Morgan fingerprint density at radius 1 is 1.00 bits per heavy atom. The number of aromatic nitrogens is 1. The molecule has 1 saturated heterocycles. The van der Waals surface area contributed by atoms with Gasteiger partial charge in [-0.15, -0.1) is 0 Å². The van der Waals surface area contributed by atoms with Gasteiger partial charge in [-0.05, 0) is 49.4 Å². The third kappa shape index (κ3) is 2.20. The highest BCUT2D eigenvalue weighted by molar-refractivity contribution is 6.33. The van der Waals surface area contributed by atoms with E-state index in [0.717, 1.165) is 41.3 Å². The molecule has 0 spiro atoms. The van der Waals surface area contributed by atoms with Crippen molar-refractivity contribution in [3.8, 4) is 0 Å². The Balaban J connectivity index is 2.06. The first-order valence-corrected chi connectivity index (χ1v) is 8.18. The Hall–Kier alpha value is -1.26. The average Bonchev–Trinajstić information content (AvgIpc) is 2.81. The largest absolute Gasteiger partial charge is 0.391 e. The number of hydrogen-bond donors (Lipinski definition) is 2. The van der Waals surface area contributed by atoms with Crippen molar-refractivity contribution in [3.05, 3.63) is 46.4 Å². The third-order valence-electron chi connectivity index (χ3n) is 4.47. The molecule has 2 atom stereocenters. The van der Waals surface area contributed by atoms with Crippen LogP contribution in [0.1, 0.15) is 12.5 Å². The number of benzene rings is 2. The second-order valence-corrected chi connectivity index (χ2v) is 6.69. The maximum Gasteiger partial charge on any atom is 0.0772 e. The van der Waals surface area contributed by atoms with E-state index in [1.165, 1.54) is 0 Å². The number of rotatable bonds is 1. The van der Waals surface area contributed by atoms with Crippen LogP contribution in [0.15, 0.2) is 36.4 Å². The summed E-state index contributed by atoms with van der Waals surface area (Å²) in [7, 11) is 0. The van der Waals surface area contributed by atoms with Crippen molar-refractivity contribution in [2.24, 2.45) is 0 Å². The SMILES string of the molecule is O[C@@H]1CCNCC1n1c2ccc(Cl)cc2c2cc(Cl)ccc21. The van der Waals surface area contributed by atoms with Gasteiger partial charge in [-0.1, -0.05) is 23.2 Å². The van der Waals surface area contributed by atoms with E-state index in [1.54, 1.807) is 0 Å². The van der Waals surface area contributed by atoms with E-state index in [9.17, 15) is 5.11 Å². The molecule has 1 aliphatic rings. The van der Waals surface area contributed by atoms with Gasteiger partial charge in [-0.2, -0.15) is 0 Å². The van der Waals surface area contributed by atoms with E-state index in [-0.39, 0.29) is 12.1 Å². The summed E-state index contributed by atoms with van der Waals surface area (Å²) in [6, 6.07) is 11.8. The smallest absolute Gasteiger partial charge is 0.0772 e. The van der Waals surface area contributed by atoms with Crippen LogP contribution >= 0.6 is 23.2 Å². The molecule has 3 nitrogen and oxygen atoms in total. The Morgan fingerprint density at radius 2 is 1.59 bits per heavy atom. The van der Waals surface area contributed by atoms with Crippen molar-refractivity contribution in [3.63, 3.8) is 0 Å². The van der Waals surface area contributed by atoms with Gasteiger partial charge in [0.05, 0.1) is 12.1 Å². The molecule has 1 fully saturated rings. The summed E-state index contributed by atoms with van der Waals surface area (Å²) in [6.45, 7) is 1.61. The Kier molecular flexibility index (Phi) is 3.54. The van der Waals surface area contributed by atoms with Crippen LogP contribution in [0.2, 0.25) is 10.0 Å². The van der Waals surface area contributed by atoms with Gasteiger partial charge in [0.25, 0.3) is 0 Å². The number of halogens is 2. The molecule has 0 aliphatic carbocycles. The summed E-state index contributed by atoms with van der Waals surface area (Å²) in [6.07, 6.45) is 0.402. The topological polar surface area (TPSA) is 37.2 Å².